The molecule has 0 saturated carbocycles. The third-order valence-corrected chi connectivity index (χ3v) is 2.30. The second-order valence-electron chi connectivity index (χ2n) is 2.95. The van der Waals surface area contributed by atoms with Crippen molar-refractivity contribution in [1.29, 1.82) is 0 Å². The molecule has 2 aromatic heterocycles. The summed E-state index contributed by atoms with van der Waals surface area (Å²) in [6.07, 6.45) is 2.24. The maximum atomic E-state index is 13.2. The van der Waals surface area contributed by atoms with E-state index in [0.29, 0.717) is 0 Å². The summed E-state index contributed by atoms with van der Waals surface area (Å²) in [5.41, 5.74) is -0.177. The number of hydrogen-bond donors (Lipinski definition) is 2. The van der Waals surface area contributed by atoms with Gasteiger partial charge in [-0.1, -0.05) is 11.6 Å². The summed E-state index contributed by atoms with van der Waals surface area (Å²) in [5, 5.41) is 8.54. The number of halogens is 3. The van der Waals surface area contributed by atoms with Crippen molar-refractivity contribution >= 4 is 22.6 Å². The van der Waals surface area contributed by atoms with Gasteiger partial charge in [-0.25, -0.2) is 9.97 Å². The van der Waals surface area contributed by atoms with E-state index in [1.54, 1.807) is 0 Å². The summed E-state index contributed by atoms with van der Waals surface area (Å²) in [6, 6.07) is 0. The summed E-state index contributed by atoms with van der Waals surface area (Å²) in [6.45, 7) is -1.29. The predicted molar refractivity (Wildman–Crippen MR) is 49.9 cm³/mol. The van der Waals surface area contributed by atoms with E-state index in [0.717, 1.165) is 6.20 Å². The molecule has 0 unspecified atom stereocenters. The lowest BCUT2D eigenvalue weighted by molar-refractivity contribution is -0.0543. The normalized spacial score (nSPS) is 12.3. The number of aromatic nitrogens is 3. The third kappa shape index (κ3) is 1.55. The lowest BCUT2D eigenvalue weighted by Crippen LogP contribution is -2.18. The van der Waals surface area contributed by atoms with Crippen LogP contribution in [0.3, 0.4) is 0 Å². The highest BCUT2D eigenvalue weighted by Crippen LogP contribution is 2.35. The fraction of sp³-hybridized carbons (Fsp3) is 0.250. The smallest absolute Gasteiger partial charge is 0.298 e. The molecule has 15 heavy (non-hydrogen) atoms. The van der Waals surface area contributed by atoms with Crippen molar-refractivity contribution in [3.8, 4) is 0 Å². The van der Waals surface area contributed by atoms with Crippen molar-refractivity contribution in [3.63, 3.8) is 0 Å². The first kappa shape index (κ1) is 10.3. The molecular weight excluding hydrogens is 228 g/mol. The van der Waals surface area contributed by atoms with Crippen LogP contribution in [-0.2, 0) is 5.92 Å². The highest BCUT2D eigenvalue weighted by Gasteiger charge is 2.34. The van der Waals surface area contributed by atoms with E-state index in [1.165, 1.54) is 6.33 Å². The molecule has 0 amide bonds. The van der Waals surface area contributed by atoms with Crippen LogP contribution in [-0.4, -0.2) is 26.7 Å². The van der Waals surface area contributed by atoms with Crippen molar-refractivity contribution in [1.82, 2.24) is 15.0 Å². The van der Waals surface area contributed by atoms with Gasteiger partial charge in [-0.05, 0) is 0 Å². The van der Waals surface area contributed by atoms with Crippen molar-refractivity contribution in [2.24, 2.45) is 0 Å². The van der Waals surface area contributed by atoms with Gasteiger partial charge in [0.15, 0.2) is 0 Å². The molecule has 4 nitrogen and oxygen atoms in total. The summed E-state index contributed by atoms with van der Waals surface area (Å²) < 4.78 is 26.5. The summed E-state index contributed by atoms with van der Waals surface area (Å²) in [4.78, 5) is 9.89. The minimum Gasteiger partial charge on any atom is -0.390 e. The average molecular weight is 234 g/mol. The van der Waals surface area contributed by atoms with Crippen LogP contribution in [0.15, 0.2) is 12.5 Å². The second kappa shape index (κ2) is 3.39. The summed E-state index contributed by atoms with van der Waals surface area (Å²) >= 11 is 5.68. The Morgan fingerprint density at radius 2 is 2.20 bits per heavy atom. The van der Waals surface area contributed by atoms with E-state index in [4.69, 9.17) is 16.7 Å². The number of aliphatic hydroxyl groups is 1. The van der Waals surface area contributed by atoms with E-state index >= 15 is 0 Å². The molecule has 2 N–H and O–H groups in total. The number of aromatic amines is 1. The molecule has 0 saturated heterocycles. The fourth-order valence-electron chi connectivity index (χ4n) is 1.30. The molecule has 0 aromatic carbocycles. The average Bonchev–Trinajstić information content (AvgIpc) is 2.63. The Bertz CT molecular complexity index is 500. The molecule has 2 rings (SSSR count). The van der Waals surface area contributed by atoms with Gasteiger partial charge >= 0.3 is 0 Å². The minimum absolute atomic E-state index is 0.0400. The van der Waals surface area contributed by atoms with E-state index in [-0.39, 0.29) is 16.2 Å². The van der Waals surface area contributed by atoms with Crippen LogP contribution in [0.4, 0.5) is 8.78 Å². The maximum absolute atomic E-state index is 13.2. The third-order valence-electron chi connectivity index (χ3n) is 2.02. The zero-order valence-electron chi connectivity index (χ0n) is 7.34. The molecule has 2 heterocycles. The van der Waals surface area contributed by atoms with Gasteiger partial charge in [-0.15, -0.1) is 0 Å². The first-order valence-electron chi connectivity index (χ1n) is 4.03. The monoisotopic (exact) mass is 233 g/mol. The molecule has 0 bridgehead atoms. The van der Waals surface area contributed by atoms with Gasteiger partial charge in [0, 0.05) is 6.20 Å². The van der Waals surface area contributed by atoms with Crippen LogP contribution in [0.2, 0.25) is 5.15 Å². The van der Waals surface area contributed by atoms with Gasteiger partial charge in [0.1, 0.15) is 23.7 Å². The lowest BCUT2D eigenvalue weighted by atomic mass is 10.1. The molecule has 2 aromatic rings. The maximum Gasteiger partial charge on any atom is 0.298 e. The number of nitrogens with one attached hydrogen (secondary N) is 1. The largest absolute Gasteiger partial charge is 0.390 e. The van der Waals surface area contributed by atoms with E-state index < -0.39 is 18.1 Å². The zero-order chi connectivity index (χ0) is 11.1. The number of rotatable bonds is 2. The topological polar surface area (TPSA) is 61.8 Å². The predicted octanol–water partition coefficient (Wildman–Crippen LogP) is 1.70. The Hall–Kier alpha value is -1.27. The highest BCUT2D eigenvalue weighted by molar-refractivity contribution is 6.34. The SMILES string of the molecule is OCC(F)(F)c1c[nH]c2ncnc(Cl)c12. The molecule has 0 atom stereocenters. The number of hydrogen-bond acceptors (Lipinski definition) is 3. The Morgan fingerprint density at radius 3 is 2.87 bits per heavy atom. The number of H-pyrrole nitrogens is 1. The van der Waals surface area contributed by atoms with Gasteiger partial charge in [-0.3, -0.25) is 0 Å². The van der Waals surface area contributed by atoms with Gasteiger partial charge in [0.2, 0.25) is 0 Å². The van der Waals surface area contributed by atoms with E-state index in [2.05, 4.69) is 15.0 Å². The zero-order valence-corrected chi connectivity index (χ0v) is 8.09. The number of aliphatic hydroxyl groups excluding tert-OH is 1. The molecule has 0 aliphatic carbocycles. The minimum atomic E-state index is -3.35. The van der Waals surface area contributed by atoms with Crippen LogP contribution in [0.5, 0.6) is 0 Å². The van der Waals surface area contributed by atoms with Crippen molar-refractivity contribution in [2.75, 3.05) is 6.61 Å². The Labute approximate surface area is 87.9 Å². The molecule has 0 spiro atoms. The molecular formula is C8H6ClF2N3O. The van der Waals surface area contributed by atoms with Gasteiger partial charge in [-0.2, -0.15) is 8.78 Å². The van der Waals surface area contributed by atoms with Crippen molar-refractivity contribution < 1.29 is 13.9 Å². The Kier molecular flexibility index (Phi) is 2.32. The highest BCUT2D eigenvalue weighted by atomic mass is 35.5. The van der Waals surface area contributed by atoms with Gasteiger partial charge in [0.25, 0.3) is 5.92 Å². The molecule has 0 aliphatic rings. The van der Waals surface area contributed by atoms with Gasteiger partial charge in [0.05, 0.1) is 10.9 Å². The standard InChI is InChI=1S/C8H6ClF2N3O/c9-6-5-4(8(10,11)2-15)1-12-7(5)14-3-13-6/h1,3,15H,2H2,(H,12,13,14). The fourth-order valence-corrected chi connectivity index (χ4v) is 1.53. The van der Waals surface area contributed by atoms with Crippen molar-refractivity contribution in [2.45, 2.75) is 5.92 Å². The Morgan fingerprint density at radius 1 is 1.47 bits per heavy atom. The molecule has 0 aliphatic heterocycles. The van der Waals surface area contributed by atoms with Crippen LogP contribution in [0.25, 0.3) is 11.0 Å². The number of fused-ring (bicyclic) bond motifs is 1. The number of nitrogens with zero attached hydrogens (tertiary/aromatic N) is 2. The molecule has 80 valence electrons. The summed E-state index contributed by atoms with van der Waals surface area (Å²) in [7, 11) is 0. The van der Waals surface area contributed by atoms with E-state index in [1.807, 2.05) is 0 Å². The van der Waals surface area contributed by atoms with Crippen LogP contribution in [0.1, 0.15) is 5.56 Å². The quantitative estimate of drug-likeness (QED) is 0.776. The first-order valence-corrected chi connectivity index (χ1v) is 4.41. The molecule has 0 radical (unpaired) electrons. The number of alkyl halides is 2. The first-order chi connectivity index (χ1) is 7.06. The van der Waals surface area contributed by atoms with Crippen LogP contribution in [0, 0.1) is 0 Å². The molecule has 7 heteroatoms. The van der Waals surface area contributed by atoms with Crippen LogP contribution < -0.4 is 0 Å². The van der Waals surface area contributed by atoms with Crippen LogP contribution >= 0.6 is 11.6 Å². The van der Waals surface area contributed by atoms with E-state index in [9.17, 15) is 8.78 Å². The molecule has 0 fully saturated rings. The summed E-state index contributed by atoms with van der Waals surface area (Å²) in [5.74, 6) is -3.35. The Balaban J connectivity index is 2.73. The lowest BCUT2D eigenvalue weighted by Gasteiger charge is -2.11. The van der Waals surface area contributed by atoms with Crippen molar-refractivity contribution in [3.05, 3.63) is 23.2 Å². The van der Waals surface area contributed by atoms with Gasteiger partial charge < -0.3 is 10.1 Å². The second-order valence-corrected chi connectivity index (χ2v) is 3.31.